The maximum absolute atomic E-state index is 5.63. The molecule has 0 aromatic heterocycles. The summed E-state index contributed by atoms with van der Waals surface area (Å²) in [5, 5.41) is 0. The normalized spacial score (nSPS) is 9.30. The van der Waals surface area contributed by atoms with Gasteiger partial charge >= 0.3 is 0 Å². The Labute approximate surface area is 65.9 Å². The van der Waals surface area contributed by atoms with Crippen LogP contribution in [0.25, 0.3) is 0 Å². The molecule has 0 bridgehead atoms. The summed E-state index contributed by atoms with van der Waals surface area (Å²) in [6, 6.07) is 7.61. The van der Waals surface area contributed by atoms with Crippen molar-refractivity contribution in [3.05, 3.63) is 29.8 Å². The zero-order chi connectivity index (χ0) is 7.56. The van der Waals surface area contributed by atoms with Gasteiger partial charge in [0.2, 0.25) is 0 Å². The van der Waals surface area contributed by atoms with Crippen molar-refractivity contribution in [2.24, 2.45) is 0 Å². The molecule has 0 amide bonds. The van der Waals surface area contributed by atoms with E-state index < -0.39 is 0 Å². The maximum Gasteiger partial charge on any atom is 0.0398 e. The van der Waals surface area contributed by atoms with E-state index in [9.17, 15) is 0 Å². The average Bonchev–Trinajstić information content (AvgIpc) is 1.88. The van der Waals surface area contributed by atoms with Gasteiger partial charge in [0.05, 0.1) is 0 Å². The van der Waals surface area contributed by atoms with Crippen LogP contribution in [0.5, 0.6) is 0 Å². The lowest BCUT2D eigenvalue weighted by Crippen LogP contribution is -1.96. The first-order valence-corrected chi connectivity index (χ1v) is 3.48. The Morgan fingerprint density at radius 2 is 2.00 bits per heavy atom. The molecule has 0 saturated carbocycles. The summed E-state index contributed by atoms with van der Waals surface area (Å²) in [5.74, 6) is 0. The standard InChI is InChI=1S/C8H9NS/c1-6(10)7-4-2-3-5-8(7)9/h2-5H,9H2,1H3. The van der Waals surface area contributed by atoms with E-state index in [2.05, 4.69) is 0 Å². The van der Waals surface area contributed by atoms with Gasteiger partial charge in [-0.2, -0.15) is 0 Å². The molecule has 1 aromatic rings. The number of rotatable bonds is 1. The summed E-state index contributed by atoms with van der Waals surface area (Å²) in [7, 11) is 0. The van der Waals surface area contributed by atoms with Crippen LogP contribution >= 0.6 is 12.2 Å². The van der Waals surface area contributed by atoms with E-state index in [0.29, 0.717) is 0 Å². The van der Waals surface area contributed by atoms with E-state index >= 15 is 0 Å². The van der Waals surface area contributed by atoms with Crippen molar-refractivity contribution in [3.8, 4) is 0 Å². The van der Waals surface area contributed by atoms with Gasteiger partial charge in [0.25, 0.3) is 0 Å². The molecule has 10 heavy (non-hydrogen) atoms. The van der Waals surface area contributed by atoms with Crippen LogP contribution in [0.15, 0.2) is 24.3 Å². The van der Waals surface area contributed by atoms with Crippen LogP contribution in [0.4, 0.5) is 5.69 Å². The molecule has 1 nitrogen and oxygen atoms in total. The zero-order valence-electron chi connectivity index (χ0n) is 5.79. The molecule has 0 aliphatic carbocycles. The predicted molar refractivity (Wildman–Crippen MR) is 48.2 cm³/mol. The molecule has 0 atom stereocenters. The lowest BCUT2D eigenvalue weighted by atomic mass is 10.1. The molecule has 0 spiro atoms. The van der Waals surface area contributed by atoms with Gasteiger partial charge in [-0.25, -0.2) is 0 Å². The number of nitrogen functional groups attached to an aromatic ring is 1. The van der Waals surface area contributed by atoms with Gasteiger partial charge in [0.1, 0.15) is 0 Å². The van der Waals surface area contributed by atoms with Crippen molar-refractivity contribution in [2.75, 3.05) is 5.73 Å². The van der Waals surface area contributed by atoms with Gasteiger partial charge in [-0.3, -0.25) is 0 Å². The van der Waals surface area contributed by atoms with E-state index in [0.717, 1.165) is 16.1 Å². The molecule has 0 heterocycles. The number of nitrogens with two attached hydrogens (primary N) is 1. The minimum Gasteiger partial charge on any atom is -0.398 e. The van der Waals surface area contributed by atoms with Crippen molar-refractivity contribution < 1.29 is 0 Å². The second-order valence-electron chi connectivity index (χ2n) is 2.14. The van der Waals surface area contributed by atoms with E-state index in [4.69, 9.17) is 18.0 Å². The first-order valence-electron chi connectivity index (χ1n) is 3.07. The summed E-state index contributed by atoms with van der Waals surface area (Å²) < 4.78 is 0. The van der Waals surface area contributed by atoms with Gasteiger partial charge in [0.15, 0.2) is 0 Å². The Morgan fingerprint density at radius 1 is 1.40 bits per heavy atom. The molecule has 2 heteroatoms. The molecule has 0 saturated heterocycles. The van der Waals surface area contributed by atoms with Crippen LogP contribution in [-0.4, -0.2) is 4.86 Å². The first kappa shape index (κ1) is 7.22. The number of para-hydroxylation sites is 1. The Morgan fingerprint density at radius 3 is 2.40 bits per heavy atom. The third kappa shape index (κ3) is 1.33. The molecule has 0 fully saturated rings. The maximum atomic E-state index is 5.63. The molecule has 0 aliphatic heterocycles. The highest BCUT2D eigenvalue weighted by Crippen LogP contribution is 2.10. The highest BCUT2D eigenvalue weighted by atomic mass is 32.1. The predicted octanol–water partition coefficient (Wildman–Crippen LogP) is 2.01. The molecule has 0 radical (unpaired) electrons. The monoisotopic (exact) mass is 151 g/mol. The lowest BCUT2D eigenvalue weighted by Gasteiger charge is -2.00. The Kier molecular flexibility index (Phi) is 2.02. The van der Waals surface area contributed by atoms with E-state index in [1.165, 1.54) is 0 Å². The van der Waals surface area contributed by atoms with Crippen molar-refractivity contribution in [2.45, 2.75) is 6.92 Å². The minimum absolute atomic E-state index is 0.759. The van der Waals surface area contributed by atoms with Crippen LogP contribution in [0.1, 0.15) is 12.5 Å². The van der Waals surface area contributed by atoms with E-state index in [1.807, 2.05) is 31.2 Å². The molecular weight excluding hydrogens is 142 g/mol. The zero-order valence-corrected chi connectivity index (χ0v) is 6.61. The van der Waals surface area contributed by atoms with Crippen molar-refractivity contribution in [1.29, 1.82) is 0 Å². The fourth-order valence-corrected chi connectivity index (χ4v) is 1.00. The Bertz CT molecular complexity index is 255. The second-order valence-corrected chi connectivity index (χ2v) is 2.76. The van der Waals surface area contributed by atoms with Crippen LogP contribution in [0, 0.1) is 0 Å². The minimum atomic E-state index is 0.759. The van der Waals surface area contributed by atoms with Gasteiger partial charge in [-0.1, -0.05) is 30.4 Å². The van der Waals surface area contributed by atoms with Crippen molar-refractivity contribution >= 4 is 22.8 Å². The highest BCUT2D eigenvalue weighted by Gasteiger charge is 1.96. The van der Waals surface area contributed by atoms with Crippen LogP contribution in [-0.2, 0) is 0 Å². The summed E-state index contributed by atoms with van der Waals surface area (Å²) >= 11 is 4.97. The third-order valence-corrected chi connectivity index (χ3v) is 1.56. The van der Waals surface area contributed by atoms with Crippen LogP contribution in [0.3, 0.4) is 0 Å². The smallest absolute Gasteiger partial charge is 0.0398 e. The summed E-state index contributed by atoms with van der Waals surface area (Å²) in [4.78, 5) is 0.845. The summed E-state index contributed by atoms with van der Waals surface area (Å²) in [5.41, 5.74) is 7.36. The lowest BCUT2D eigenvalue weighted by molar-refractivity contribution is 1.63. The third-order valence-electron chi connectivity index (χ3n) is 1.34. The molecule has 1 aromatic carbocycles. The largest absolute Gasteiger partial charge is 0.398 e. The van der Waals surface area contributed by atoms with Gasteiger partial charge in [-0.15, -0.1) is 0 Å². The Hall–Kier alpha value is -0.890. The molecule has 52 valence electrons. The molecule has 1 rings (SSSR count). The molecular formula is C8H9NS. The average molecular weight is 151 g/mol. The first-order chi connectivity index (χ1) is 4.72. The van der Waals surface area contributed by atoms with Crippen molar-refractivity contribution in [3.63, 3.8) is 0 Å². The molecule has 0 unspecified atom stereocenters. The number of anilines is 1. The fourth-order valence-electron chi connectivity index (χ4n) is 0.818. The van der Waals surface area contributed by atoms with Crippen molar-refractivity contribution in [1.82, 2.24) is 0 Å². The number of thiocarbonyl (C=S) groups is 1. The summed E-state index contributed by atoms with van der Waals surface area (Å²) in [6.45, 7) is 1.88. The SMILES string of the molecule is CC(=S)c1ccccc1N. The second kappa shape index (κ2) is 2.80. The Balaban J connectivity index is 3.15. The fraction of sp³-hybridized carbons (Fsp3) is 0.125. The van der Waals surface area contributed by atoms with Crippen LogP contribution < -0.4 is 5.73 Å². The van der Waals surface area contributed by atoms with Gasteiger partial charge < -0.3 is 5.73 Å². The number of benzene rings is 1. The molecule has 0 aliphatic rings. The number of hydrogen-bond donors (Lipinski definition) is 1. The quantitative estimate of drug-likeness (QED) is 0.377. The van der Waals surface area contributed by atoms with Gasteiger partial charge in [0, 0.05) is 16.1 Å². The van der Waals surface area contributed by atoms with E-state index in [-0.39, 0.29) is 0 Å². The number of hydrogen-bond acceptors (Lipinski definition) is 2. The highest BCUT2D eigenvalue weighted by molar-refractivity contribution is 7.80. The topological polar surface area (TPSA) is 26.0 Å². The molecule has 2 N–H and O–H groups in total. The van der Waals surface area contributed by atoms with Crippen LogP contribution in [0.2, 0.25) is 0 Å². The van der Waals surface area contributed by atoms with E-state index in [1.54, 1.807) is 0 Å². The van der Waals surface area contributed by atoms with Gasteiger partial charge in [-0.05, 0) is 13.0 Å². The summed E-state index contributed by atoms with van der Waals surface area (Å²) in [6.07, 6.45) is 0.